The zero-order valence-corrected chi connectivity index (χ0v) is 23.0. The van der Waals surface area contributed by atoms with Crippen LogP contribution in [-0.4, -0.2) is 76.2 Å². The number of nitrogens with one attached hydrogen (secondary N) is 3. The summed E-state index contributed by atoms with van der Waals surface area (Å²) in [6.45, 7) is 5.73. The van der Waals surface area contributed by atoms with E-state index < -0.39 is 6.17 Å². The summed E-state index contributed by atoms with van der Waals surface area (Å²) in [4.78, 5) is 19.9. The molecule has 2 aromatic rings. The first kappa shape index (κ1) is 28.1. The van der Waals surface area contributed by atoms with E-state index in [-0.39, 0.29) is 11.9 Å². The molecule has 3 N–H and O–H groups in total. The zero-order chi connectivity index (χ0) is 27.8. The van der Waals surface area contributed by atoms with Gasteiger partial charge in [-0.25, -0.2) is 0 Å². The number of nitriles is 1. The third-order valence-electron chi connectivity index (χ3n) is 7.48. The molecule has 1 saturated carbocycles. The Morgan fingerprint density at radius 3 is 2.72 bits per heavy atom. The maximum absolute atomic E-state index is 13.1. The Morgan fingerprint density at radius 2 is 2.00 bits per heavy atom. The lowest BCUT2D eigenvalue weighted by atomic mass is 9.90. The van der Waals surface area contributed by atoms with Crippen molar-refractivity contribution in [3.05, 3.63) is 54.1 Å². The van der Waals surface area contributed by atoms with Crippen LogP contribution in [0.1, 0.15) is 31.2 Å². The molecule has 1 amide bonds. The van der Waals surface area contributed by atoms with Gasteiger partial charge in [0.15, 0.2) is 6.17 Å². The highest BCUT2D eigenvalue weighted by atomic mass is 16.5. The second kappa shape index (κ2) is 13.3. The quantitative estimate of drug-likeness (QED) is 0.380. The van der Waals surface area contributed by atoms with Gasteiger partial charge in [-0.15, -0.1) is 0 Å². The molecule has 1 aliphatic heterocycles. The molecule has 2 aromatic carbocycles. The number of hydrogen-bond donors (Lipinski definition) is 3. The number of carbonyl (C=O) groups excluding carboxylic acids is 1. The minimum Gasteiger partial charge on any atom is -0.495 e. The summed E-state index contributed by atoms with van der Waals surface area (Å²) in [5.41, 5.74) is 2.95. The second-order valence-electron chi connectivity index (χ2n) is 10.1. The molecule has 0 aromatic heterocycles. The molecule has 2 aliphatic rings. The molecule has 9 nitrogen and oxygen atoms in total. The third-order valence-corrected chi connectivity index (χ3v) is 7.48. The Labute approximate surface area is 230 Å². The van der Waals surface area contributed by atoms with Gasteiger partial charge in [0.25, 0.3) is 5.91 Å². The Hall–Kier alpha value is -3.87. The monoisotopic (exact) mass is 530 g/mol. The van der Waals surface area contributed by atoms with Gasteiger partial charge in [0.1, 0.15) is 5.75 Å². The van der Waals surface area contributed by atoms with Crippen LogP contribution in [0.3, 0.4) is 0 Å². The fourth-order valence-corrected chi connectivity index (χ4v) is 5.16. The number of allylic oxidation sites excluding steroid dienone is 1. The molecular weight excluding hydrogens is 492 g/mol. The first-order valence-electron chi connectivity index (χ1n) is 13.4. The number of fused-ring (bicyclic) bond motifs is 1. The van der Waals surface area contributed by atoms with Crippen LogP contribution in [0.15, 0.2) is 53.6 Å². The number of aliphatic imine (C=N–C) groups is 1. The third kappa shape index (κ3) is 6.96. The largest absolute Gasteiger partial charge is 0.495 e. The Kier molecular flexibility index (Phi) is 9.58. The lowest BCUT2D eigenvalue weighted by Crippen LogP contribution is -2.49. The zero-order valence-electron chi connectivity index (χ0n) is 23.0. The van der Waals surface area contributed by atoms with E-state index >= 15 is 0 Å². The number of rotatable bonds is 11. The molecule has 39 heavy (non-hydrogen) atoms. The molecule has 4 rings (SSSR count). The van der Waals surface area contributed by atoms with Gasteiger partial charge in [0.2, 0.25) is 0 Å². The summed E-state index contributed by atoms with van der Waals surface area (Å²) in [5.74, 6) is 0.558. The Balaban J connectivity index is 1.42. The number of hydrogen-bond acceptors (Lipinski definition) is 8. The van der Waals surface area contributed by atoms with E-state index in [0.717, 1.165) is 66.6 Å². The summed E-state index contributed by atoms with van der Waals surface area (Å²) in [7, 11) is 5.49. The summed E-state index contributed by atoms with van der Waals surface area (Å²) >= 11 is 0. The lowest BCUT2D eigenvalue weighted by molar-refractivity contribution is -0.123. The lowest BCUT2D eigenvalue weighted by Gasteiger charge is -2.35. The van der Waals surface area contributed by atoms with Crippen LogP contribution >= 0.6 is 0 Å². The van der Waals surface area contributed by atoms with Crippen LogP contribution in [0, 0.1) is 11.3 Å². The van der Waals surface area contributed by atoms with Crippen molar-refractivity contribution >= 4 is 34.3 Å². The number of methoxy groups -OCH3 is 2. The van der Waals surface area contributed by atoms with E-state index in [4.69, 9.17) is 14.7 Å². The Morgan fingerprint density at radius 1 is 1.23 bits per heavy atom. The number of ether oxygens (including phenoxy) is 2. The predicted molar refractivity (Wildman–Crippen MR) is 156 cm³/mol. The number of nitrogens with zero attached hydrogens (tertiary/aromatic N) is 3. The summed E-state index contributed by atoms with van der Waals surface area (Å²) in [6, 6.07) is 12.7. The fraction of sp³-hybridized carbons (Fsp3) is 0.433. The fourth-order valence-electron chi connectivity index (χ4n) is 5.16. The number of amides is 1. The van der Waals surface area contributed by atoms with Crippen LogP contribution in [0.5, 0.6) is 5.75 Å². The van der Waals surface area contributed by atoms with E-state index in [0.29, 0.717) is 23.9 Å². The van der Waals surface area contributed by atoms with E-state index in [2.05, 4.69) is 45.5 Å². The van der Waals surface area contributed by atoms with Gasteiger partial charge < -0.3 is 30.3 Å². The highest BCUT2D eigenvalue weighted by Crippen LogP contribution is 2.35. The van der Waals surface area contributed by atoms with Crippen molar-refractivity contribution in [2.24, 2.45) is 4.99 Å². The topological polar surface area (TPSA) is 111 Å². The smallest absolute Gasteiger partial charge is 0.265 e. The van der Waals surface area contributed by atoms with Crippen molar-refractivity contribution in [1.29, 1.82) is 5.26 Å². The number of likely N-dealkylation sites (N-methyl/N-ethyl adjacent to an activating group) is 1. The van der Waals surface area contributed by atoms with Crippen LogP contribution in [0.25, 0.3) is 16.5 Å². The first-order valence-corrected chi connectivity index (χ1v) is 13.4. The summed E-state index contributed by atoms with van der Waals surface area (Å²) in [6.07, 6.45) is 6.87. The summed E-state index contributed by atoms with van der Waals surface area (Å²) < 4.78 is 10.8. The van der Waals surface area contributed by atoms with Crippen LogP contribution in [-0.2, 0) is 9.53 Å². The number of carbonyl (C=O) groups is 1. The minimum atomic E-state index is -0.690. The van der Waals surface area contributed by atoms with Crippen molar-refractivity contribution < 1.29 is 14.3 Å². The second-order valence-corrected chi connectivity index (χ2v) is 10.1. The van der Waals surface area contributed by atoms with Crippen molar-refractivity contribution in [3.63, 3.8) is 0 Å². The minimum absolute atomic E-state index is 0.118. The molecule has 0 saturated heterocycles. The summed E-state index contributed by atoms with van der Waals surface area (Å²) in [5, 5.41) is 20.9. The average molecular weight is 531 g/mol. The number of benzene rings is 2. The first-order chi connectivity index (χ1) is 18.9. The molecule has 9 heteroatoms. The van der Waals surface area contributed by atoms with Gasteiger partial charge in [-0.3, -0.25) is 9.79 Å². The molecular formula is C30H38N6O3. The van der Waals surface area contributed by atoms with E-state index in [1.165, 1.54) is 0 Å². The average Bonchev–Trinajstić information content (AvgIpc) is 2.98. The molecule has 0 radical (unpaired) electrons. The molecule has 1 fully saturated rings. The van der Waals surface area contributed by atoms with E-state index in [1.54, 1.807) is 20.4 Å². The standard InChI is InChI=1S/C30H38N6O3/c1-20(18-31)19-33-28-25-17-22(6-5-21(25)7-12-27(28)39-4)26-13-14-32-29(35-26)30(37)34-23-8-10-24(11-9-23)36(2)15-16-38-3/h5-7,12-14,17,23-24,29,33,35H,1,8-11,15-16,19H2,2-4H3,(H,34,37). The Bertz CT molecular complexity index is 1290. The van der Waals surface area contributed by atoms with E-state index in [1.807, 2.05) is 36.4 Å². The van der Waals surface area contributed by atoms with Gasteiger partial charge in [-0.2, -0.15) is 5.26 Å². The van der Waals surface area contributed by atoms with Crippen LogP contribution < -0.4 is 20.7 Å². The van der Waals surface area contributed by atoms with Crippen molar-refractivity contribution in [2.45, 2.75) is 43.9 Å². The number of anilines is 1. The molecule has 0 spiro atoms. The molecule has 206 valence electrons. The predicted octanol–water partition coefficient (Wildman–Crippen LogP) is 3.69. The van der Waals surface area contributed by atoms with Gasteiger partial charge in [-0.05, 0) is 61.9 Å². The maximum Gasteiger partial charge on any atom is 0.265 e. The van der Waals surface area contributed by atoms with Crippen molar-refractivity contribution in [2.75, 3.05) is 46.3 Å². The SMILES string of the molecule is C=C(C#N)CNc1c(OC)ccc2ccc(C3=CC=NC(C(=O)NC4CCC(N(C)CCOC)CC4)N3)cc12. The molecule has 1 unspecified atom stereocenters. The molecule has 1 aliphatic carbocycles. The van der Waals surface area contributed by atoms with Gasteiger partial charge >= 0.3 is 0 Å². The van der Waals surface area contributed by atoms with Gasteiger partial charge in [0, 0.05) is 55.2 Å². The van der Waals surface area contributed by atoms with Crippen molar-refractivity contribution in [1.82, 2.24) is 15.5 Å². The highest BCUT2D eigenvalue weighted by Gasteiger charge is 2.28. The molecule has 1 heterocycles. The van der Waals surface area contributed by atoms with Gasteiger partial charge in [-0.1, -0.05) is 24.8 Å². The molecule has 1 atom stereocenters. The highest BCUT2D eigenvalue weighted by molar-refractivity contribution is 6.00. The van der Waals surface area contributed by atoms with E-state index in [9.17, 15) is 4.79 Å². The molecule has 0 bridgehead atoms. The van der Waals surface area contributed by atoms with Crippen LogP contribution in [0.2, 0.25) is 0 Å². The normalized spacial score (nSPS) is 20.6. The van der Waals surface area contributed by atoms with Crippen LogP contribution in [0.4, 0.5) is 5.69 Å². The maximum atomic E-state index is 13.1. The van der Waals surface area contributed by atoms with Gasteiger partial charge in [0.05, 0.1) is 25.5 Å². The van der Waals surface area contributed by atoms with Crippen molar-refractivity contribution in [3.8, 4) is 11.8 Å².